The van der Waals surface area contributed by atoms with Gasteiger partial charge in [0.15, 0.2) is 11.5 Å². The van der Waals surface area contributed by atoms with Crippen molar-refractivity contribution in [1.29, 1.82) is 0 Å². The summed E-state index contributed by atoms with van der Waals surface area (Å²) in [6.45, 7) is 2.71. The summed E-state index contributed by atoms with van der Waals surface area (Å²) in [5.41, 5.74) is 0.989. The van der Waals surface area contributed by atoms with Gasteiger partial charge < -0.3 is 28.8 Å². The Balaban J connectivity index is 1.68. The minimum Gasteiger partial charge on any atom is -0.493 e. The third kappa shape index (κ3) is 6.90. The van der Waals surface area contributed by atoms with Gasteiger partial charge in [0.25, 0.3) is 0 Å². The fourth-order valence-electron chi connectivity index (χ4n) is 3.84. The first-order valence-corrected chi connectivity index (χ1v) is 11.1. The Hall–Kier alpha value is -2.19. The summed E-state index contributed by atoms with van der Waals surface area (Å²) >= 11 is 5.91. The average Bonchev–Trinajstić information content (AvgIpc) is 3.31. The summed E-state index contributed by atoms with van der Waals surface area (Å²) < 4.78 is 27.9. The van der Waals surface area contributed by atoms with Crippen LogP contribution in [-0.4, -0.2) is 69.8 Å². The molecule has 1 aliphatic heterocycles. The zero-order chi connectivity index (χ0) is 22.9. The normalized spacial score (nSPS) is 16.8. The summed E-state index contributed by atoms with van der Waals surface area (Å²) in [7, 11) is 4.78. The van der Waals surface area contributed by atoms with Gasteiger partial charge in [-0.15, -0.1) is 0 Å². The van der Waals surface area contributed by atoms with Gasteiger partial charge in [-0.2, -0.15) is 0 Å². The number of rotatable bonds is 12. The summed E-state index contributed by atoms with van der Waals surface area (Å²) in [4.78, 5) is 2.17. The quantitative estimate of drug-likeness (QED) is 0.511. The van der Waals surface area contributed by atoms with E-state index in [4.69, 9.17) is 35.3 Å². The van der Waals surface area contributed by atoms with Crippen LogP contribution in [0.5, 0.6) is 23.0 Å². The molecule has 8 heteroatoms. The number of halogens is 1. The van der Waals surface area contributed by atoms with E-state index in [1.807, 2.05) is 12.1 Å². The molecular weight excluding hydrogens is 434 g/mol. The van der Waals surface area contributed by atoms with Gasteiger partial charge in [0.2, 0.25) is 5.75 Å². The van der Waals surface area contributed by atoms with Gasteiger partial charge in [0, 0.05) is 31.3 Å². The lowest BCUT2D eigenvalue weighted by atomic mass is 10.1. The number of aliphatic hydroxyl groups excluding tert-OH is 1. The van der Waals surface area contributed by atoms with Gasteiger partial charge >= 0.3 is 0 Å². The molecule has 0 spiro atoms. The fraction of sp³-hybridized carbons (Fsp3) is 0.500. The molecule has 0 saturated carbocycles. The van der Waals surface area contributed by atoms with Crippen LogP contribution in [0.4, 0.5) is 0 Å². The van der Waals surface area contributed by atoms with E-state index in [0.717, 1.165) is 25.0 Å². The predicted molar refractivity (Wildman–Crippen MR) is 123 cm³/mol. The molecule has 32 heavy (non-hydrogen) atoms. The Morgan fingerprint density at radius 1 is 1.09 bits per heavy atom. The lowest BCUT2D eigenvalue weighted by Gasteiger charge is -2.28. The van der Waals surface area contributed by atoms with E-state index in [0.29, 0.717) is 47.7 Å². The highest BCUT2D eigenvalue weighted by molar-refractivity contribution is 6.30. The number of hydrogen-bond donors (Lipinski definition) is 1. The number of nitrogens with zero attached hydrogens (tertiary/aromatic N) is 1. The first kappa shape index (κ1) is 24.5. The Morgan fingerprint density at radius 2 is 1.78 bits per heavy atom. The topological polar surface area (TPSA) is 69.6 Å². The largest absolute Gasteiger partial charge is 0.493 e. The number of benzene rings is 2. The molecular formula is C24H32ClNO6. The molecule has 2 atom stereocenters. The molecule has 7 nitrogen and oxygen atoms in total. The molecule has 0 bridgehead atoms. The lowest BCUT2D eigenvalue weighted by molar-refractivity contribution is 0.0313. The molecule has 176 valence electrons. The second-order valence-corrected chi connectivity index (χ2v) is 8.22. The Labute approximate surface area is 194 Å². The van der Waals surface area contributed by atoms with E-state index in [9.17, 15) is 5.11 Å². The van der Waals surface area contributed by atoms with E-state index < -0.39 is 6.10 Å². The molecule has 2 unspecified atom stereocenters. The Morgan fingerprint density at radius 3 is 2.34 bits per heavy atom. The minimum absolute atomic E-state index is 0.154. The van der Waals surface area contributed by atoms with E-state index in [1.54, 1.807) is 45.6 Å². The van der Waals surface area contributed by atoms with E-state index in [-0.39, 0.29) is 12.7 Å². The molecule has 1 N–H and O–H groups in total. The molecule has 0 aliphatic carbocycles. The van der Waals surface area contributed by atoms with Crippen molar-refractivity contribution in [2.24, 2.45) is 0 Å². The molecule has 0 amide bonds. The van der Waals surface area contributed by atoms with Crippen molar-refractivity contribution < 1.29 is 28.8 Å². The number of methoxy groups -OCH3 is 3. The molecule has 3 rings (SSSR count). The lowest BCUT2D eigenvalue weighted by Crippen LogP contribution is -2.39. The average molecular weight is 466 g/mol. The Kier molecular flexibility index (Phi) is 9.29. The second kappa shape index (κ2) is 12.2. The number of aliphatic hydroxyl groups is 1. The van der Waals surface area contributed by atoms with E-state index >= 15 is 0 Å². The van der Waals surface area contributed by atoms with Crippen molar-refractivity contribution in [3.63, 3.8) is 0 Å². The van der Waals surface area contributed by atoms with Gasteiger partial charge in [-0.3, -0.25) is 4.90 Å². The molecule has 2 aromatic carbocycles. The minimum atomic E-state index is -0.672. The SMILES string of the molecule is COc1cc(CN(CC(O)COc2ccc(Cl)cc2)CC2CCCO2)cc(OC)c1OC. The van der Waals surface area contributed by atoms with Crippen LogP contribution in [0.15, 0.2) is 36.4 Å². The highest BCUT2D eigenvalue weighted by Crippen LogP contribution is 2.38. The zero-order valence-corrected chi connectivity index (χ0v) is 19.6. The van der Waals surface area contributed by atoms with E-state index in [1.165, 1.54) is 0 Å². The van der Waals surface area contributed by atoms with Gasteiger partial charge in [-0.1, -0.05) is 11.6 Å². The highest BCUT2D eigenvalue weighted by atomic mass is 35.5. The fourth-order valence-corrected chi connectivity index (χ4v) is 3.96. The second-order valence-electron chi connectivity index (χ2n) is 7.78. The molecule has 0 aromatic heterocycles. The van der Waals surface area contributed by atoms with Crippen molar-refractivity contribution in [2.75, 3.05) is 47.6 Å². The third-order valence-electron chi connectivity index (χ3n) is 5.34. The molecule has 1 heterocycles. The molecule has 0 radical (unpaired) electrons. The maximum Gasteiger partial charge on any atom is 0.203 e. The van der Waals surface area contributed by atoms with Gasteiger partial charge in [0.1, 0.15) is 18.5 Å². The van der Waals surface area contributed by atoms with Gasteiger partial charge in [-0.05, 0) is 54.8 Å². The first-order chi connectivity index (χ1) is 15.5. The van der Waals surface area contributed by atoms with Crippen molar-refractivity contribution in [2.45, 2.75) is 31.6 Å². The van der Waals surface area contributed by atoms with E-state index in [2.05, 4.69) is 4.90 Å². The third-order valence-corrected chi connectivity index (χ3v) is 5.59. The van der Waals surface area contributed by atoms with Crippen molar-refractivity contribution in [1.82, 2.24) is 4.90 Å². The molecule has 2 aromatic rings. The maximum absolute atomic E-state index is 10.7. The van der Waals surface area contributed by atoms with Gasteiger partial charge in [-0.25, -0.2) is 0 Å². The number of ether oxygens (including phenoxy) is 5. The smallest absolute Gasteiger partial charge is 0.203 e. The van der Waals surface area contributed by atoms with Crippen LogP contribution >= 0.6 is 11.6 Å². The van der Waals surface area contributed by atoms with Crippen LogP contribution in [0.2, 0.25) is 5.02 Å². The first-order valence-electron chi connectivity index (χ1n) is 10.7. The summed E-state index contributed by atoms with van der Waals surface area (Å²) in [6, 6.07) is 11.0. The van der Waals surface area contributed by atoms with Crippen LogP contribution in [0.1, 0.15) is 18.4 Å². The molecule has 1 fully saturated rings. The van der Waals surface area contributed by atoms with Crippen LogP contribution in [0.3, 0.4) is 0 Å². The van der Waals surface area contributed by atoms with Crippen molar-refractivity contribution >= 4 is 11.6 Å². The van der Waals surface area contributed by atoms with Crippen molar-refractivity contribution in [3.8, 4) is 23.0 Å². The zero-order valence-electron chi connectivity index (χ0n) is 18.9. The van der Waals surface area contributed by atoms with Crippen molar-refractivity contribution in [3.05, 3.63) is 47.0 Å². The van der Waals surface area contributed by atoms with Crippen LogP contribution in [0, 0.1) is 0 Å². The summed E-state index contributed by atoms with van der Waals surface area (Å²) in [5.74, 6) is 2.43. The Bertz CT molecular complexity index is 816. The van der Waals surface area contributed by atoms with Crippen LogP contribution in [-0.2, 0) is 11.3 Å². The summed E-state index contributed by atoms with van der Waals surface area (Å²) in [5, 5.41) is 11.3. The molecule has 1 saturated heterocycles. The standard InChI is InChI=1S/C24H32ClNO6/c1-28-22-11-17(12-23(29-2)24(22)30-3)13-26(15-21-5-4-10-31-21)14-19(27)16-32-20-8-6-18(25)7-9-20/h6-9,11-12,19,21,27H,4-5,10,13-16H2,1-3H3. The summed E-state index contributed by atoms with van der Waals surface area (Å²) in [6.07, 6.45) is 1.56. The van der Waals surface area contributed by atoms with Gasteiger partial charge in [0.05, 0.1) is 27.4 Å². The van der Waals surface area contributed by atoms with Crippen LogP contribution in [0.25, 0.3) is 0 Å². The monoisotopic (exact) mass is 465 g/mol. The predicted octanol–water partition coefficient (Wildman–Crippen LogP) is 3.79. The van der Waals surface area contributed by atoms with Crippen LogP contribution < -0.4 is 18.9 Å². The molecule has 1 aliphatic rings. The maximum atomic E-state index is 10.7. The highest BCUT2D eigenvalue weighted by Gasteiger charge is 2.23. The number of hydrogen-bond acceptors (Lipinski definition) is 7.